The van der Waals surface area contributed by atoms with Crippen LogP contribution in [0.2, 0.25) is 0 Å². The van der Waals surface area contributed by atoms with Crippen LogP contribution in [0, 0.1) is 5.82 Å². The second-order valence-corrected chi connectivity index (χ2v) is 2.73. The van der Waals surface area contributed by atoms with Crippen LogP contribution in [0.15, 0.2) is 35.3 Å². The van der Waals surface area contributed by atoms with Crippen molar-refractivity contribution in [1.29, 1.82) is 0 Å². The summed E-state index contributed by atoms with van der Waals surface area (Å²) in [6.45, 7) is 0. The predicted molar refractivity (Wildman–Crippen MR) is 48.0 cm³/mol. The standard InChI is InChI=1S/C9H7FN2O/c10-6-3-4-12-7(5-6)1-2-8(11)9(12)13/h1-5H,11H2. The minimum Gasteiger partial charge on any atom is -0.394 e. The van der Waals surface area contributed by atoms with E-state index in [1.165, 1.54) is 28.8 Å². The molecule has 66 valence electrons. The molecule has 0 saturated heterocycles. The molecule has 0 aromatic carbocycles. The number of nitrogen functional groups attached to an aromatic ring is 1. The number of fused-ring (bicyclic) bond motifs is 1. The number of halogens is 1. The lowest BCUT2D eigenvalue weighted by atomic mass is 10.3. The van der Waals surface area contributed by atoms with Gasteiger partial charge in [-0.15, -0.1) is 0 Å². The van der Waals surface area contributed by atoms with Gasteiger partial charge >= 0.3 is 0 Å². The Morgan fingerprint density at radius 2 is 2.08 bits per heavy atom. The molecule has 0 saturated carbocycles. The van der Waals surface area contributed by atoms with Gasteiger partial charge in [-0.2, -0.15) is 0 Å². The van der Waals surface area contributed by atoms with Crippen LogP contribution >= 0.6 is 0 Å². The molecule has 0 aliphatic rings. The van der Waals surface area contributed by atoms with Gasteiger partial charge in [0.25, 0.3) is 5.56 Å². The average molecular weight is 178 g/mol. The van der Waals surface area contributed by atoms with Crippen molar-refractivity contribution in [1.82, 2.24) is 4.40 Å². The molecule has 0 aliphatic heterocycles. The van der Waals surface area contributed by atoms with E-state index in [9.17, 15) is 9.18 Å². The summed E-state index contributed by atoms with van der Waals surface area (Å²) in [5.74, 6) is -0.371. The van der Waals surface area contributed by atoms with Crippen LogP contribution in [-0.4, -0.2) is 4.40 Å². The Morgan fingerprint density at radius 1 is 1.31 bits per heavy atom. The van der Waals surface area contributed by atoms with Gasteiger partial charge in [0, 0.05) is 6.20 Å². The highest BCUT2D eigenvalue weighted by molar-refractivity contribution is 5.52. The highest BCUT2D eigenvalue weighted by Gasteiger charge is 1.99. The Hall–Kier alpha value is -1.84. The van der Waals surface area contributed by atoms with Gasteiger partial charge < -0.3 is 5.73 Å². The zero-order chi connectivity index (χ0) is 9.42. The van der Waals surface area contributed by atoms with Gasteiger partial charge in [0.05, 0.1) is 11.2 Å². The van der Waals surface area contributed by atoms with Crippen molar-refractivity contribution >= 4 is 11.2 Å². The number of pyridine rings is 2. The second kappa shape index (κ2) is 2.58. The number of nitrogens with two attached hydrogens (primary N) is 1. The minimum absolute atomic E-state index is 0.157. The lowest BCUT2D eigenvalue weighted by molar-refractivity contribution is 0.626. The molecule has 3 nitrogen and oxygen atoms in total. The van der Waals surface area contributed by atoms with E-state index in [1.807, 2.05) is 0 Å². The first-order valence-electron chi connectivity index (χ1n) is 3.75. The maximum atomic E-state index is 12.7. The van der Waals surface area contributed by atoms with Crippen LogP contribution in [-0.2, 0) is 0 Å². The van der Waals surface area contributed by atoms with Crippen molar-refractivity contribution in [2.24, 2.45) is 0 Å². The van der Waals surface area contributed by atoms with Crippen LogP contribution in [0.5, 0.6) is 0 Å². The molecular weight excluding hydrogens is 171 g/mol. The summed E-state index contributed by atoms with van der Waals surface area (Å²) < 4.78 is 14.0. The average Bonchev–Trinajstić information content (AvgIpc) is 2.12. The molecule has 0 fully saturated rings. The zero-order valence-electron chi connectivity index (χ0n) is 6.70. The summed E-state index contributed by atoms with van der Waals surface area (Å²) in [4.78, 5) is 11.4. The zero-order valence-corrected chi connectivity index (χ0v) is 6.70. The van der Waals surface area contributed by atoms with Crippen LogP contribution < -0.4 is 11.3 Å². The largest absolute Gasteiger partial charge is 0.394 e. The minimum atomic E-state index is -0.371. The Labute approximate surface area is 73.2 Å². The van der Waals surface area contributed by atoms with E-state index in [1.54, 1.807) is 6.07 Å². The first-order valence-corrected chi connectivity index (χ1v) is 3.75. The number of anilines is 1. The molecule has 0 spiro atoms. The van der Waals surface area contributed by atoms with E-state index < -0.39 is 0 Å². The van der Waals surface area contributed by atoms with Crippen LogP contribution in [0.3, 0.4) is 0 Å². The van der Waals surface area contributed by atoms with E-state index in [2.05, 4.69) is 0 Å². The van der Waals surface area contributed by atoms with E-state index in [-0.39, 0.29) is 17.1 Å². The molecule has 2 aromatic rings. The normalized spacial score (nSPS) is 10.5. The van der Waals surface area contributed by atoms with E-state index in [0.717, 1.165) is 0 Å². The highest BCUT2D eigenvalue weighted by atomic mass is 19.1. The topological polar surface area (TPSA) is 47.5 Å². The highest BCUT2D eigenvalue weighted by Crippen LogP contribution is 2.05. The number of nitrogens with zero attached hydrogens (tertiary/aromatic N) is 1. The summed E-state index contributed by atoms with van der Waals surface area (Å²) in [6, 6.07) is 5.56. The van der Waals surface area contributed by atoms with Crippen molar-refractivity contribution < 1.29 is 4.39 Å². The molecule has 2 aromatic heterocycles. The number of aromatic nitrogens is 1. The maximum absolute atomic E-state index is 12.7. The molecule has 0 unspecified atom stereocenters. The third kappa shape index (κ3) is 1.16. The summed E-state index contributed by atoms with van der Waals surface area (Å²) in [5, 5.41) is 0. The quantitative estimate of drug-likeness (QED) is 0.654. The monoisotopic (exact) mass is 178 g/mol. The summed E-state index contributed by atoms with van der Waals surface area (Å²) in [7, 11) is 0. The first kappa shape index (κ1) is 7.79. The lowest BCUT2D eigenvalue weighted by Gasteiger charge is -2.00. The summed E-state index contributed by atoms with van der Waals surface area (Å²) in [5.41, 5.74) is 5.73. The molecule has 2 rings (SSSR count). The van der Waals surface area contributed by atoms with Gasteiger partial charge in [0.15, 0.2) is 0 Å². The fourth-order valence-corrected chi connectivity index (χ4v) is 1.19. The van der Waals surface area contributed by atoms with Gasteiger partial charge in [-0.3, -0.25) is 9.20 Å². The van der Waals surface area contributed by atoms with Gasteiger partial charge in [0.1, 0.15) is 5.82 Å². The lowest BCUT2D eigenvalue weighted by Crippen LogP contribution is -2.16. The van der Waals surface area contributed by atoms with Crippen molar-refractivity contribution in [2.75, 3.05) is 5.73 Å². The van der Waals surface area contributed by atoms with Crippen LogP contribution in [0.1, 0.15) is 0 Å². The van der Waals surface area contributed by atoms with Gasteiger partial charge in [-0.05, 0) is 24.3 Å². The molecule has 0 atom stereocenters. The van der Waals surface area contributed by atoms with Crippen molar-refractivity contribution in [3.63, 3.8) is 0 Å². The van der Waals surface area contributed by atoms with Crippen molar-refractivity contribution in [2.45, 2.75) is 0 Å². The smallest absolute Gasteiger partial charge is 0.278 e. The number of hydrogen-bond acceptors (Lipinski definition) is 2. The molecule has 2 heterocycles. The van der Waals surface area contributed by atoms with Crippen molar-refractivity contribution in [3.8, 4) is 0 Å². The summed E-state index contributed by atoms with van der Waals surface area (Å²) >= 11 is 0. The third-order valence-corrected chi connectivity index (χ3v) is 1.85. The molecule has 2 N–H and O–H groups in total. The predicted octanol–water partition coefficient (Wildman–Crippen LogP) is 1.02. The van der Waals surface area contributed by atoms with Crippen LogP contribution in [0.25, 0.3) is 5.52 Å². The van der Waals surface area contributed by atoms with E-state index in [4.69, 9.17) is 5.73 Å². The Morgan fingerprint density at radius 3 is 2.85 bits per heavy atom. The Bertz CT molecular complexity index is 518. The van der Waals surface area contributed by atoms with E-state index in [0.29, 0.717) is 5.52 Å². The molecular formula is C9H7FN2O. The molecule has 0 bridgehead atoms. The number of hydrogen-bond donors (Lipinski definition) is 1. The molecule has 0 aliphatic carbocycles. The van der Waals surface area contributed by atoms with Crippen LogP contribution in [0.4, 0.5) is 10.1 Å². The van der Waals surface area contributed by atoms with E-state index >= 15 is 0 Å². The van der Waals surface area contributed by atoms with Gasteiger partial charge in [-0.1, -0.05) is 0 Å². The van der Waals surface area contributed by atoms with Gasteiger partial charge in [0.2, 0.25) is 0 Å². The van der Waals surface area contributed by atoms with Crippen molar-refractivity contribution in [3.05, 3.63) is 46.6 Å². The first-order chi connectivity index (χ1) is 6.18. The maximum Gasteiger partial charge on any atom is 0.278 e. The molecule has 0 radical (unpaired) electrons. The Kier molecular flexibility index (Phi) is 1.55. The second-order valence-electron chi connectivity index (χ2n) is 2.73. The fourth-order valence-electron chi connectivity index (χ4n) is 1.19. The molecule has 0 amide bonds. The fraction of sp³-hybridized carbons (Fsp3) is 0. The van der Waals surface area contributed by atoms with Gasteiger partial charge in [-0.25, -0.2) is 4.39 Å². The molecule has 4 heteroatoms. The summed E-state index contributed by atoms with van der Waals surface area (Å²) in [6.07, 6.45) is 1.36. The third-order valence-electron chi connectivity index (χ3n) is 1.85. The SMILES string of the molecule is Nc1ccc2cc(F)ccn2c1=O. The Balaban J connectivity index is 2.95. The molecule has 13 heavy (non-hydrogen) atoms. The number of rotatable bonds is 0.